The molecule has 8 nitrogen and oxygen atoms in total. The smallest absolute Gasteiger partial charge is 0.224 e. The minimum atomic E-state index is -0.229. The fraction of sp³-hybridized carbons (Fsp3) is 0.500. The van der Waals surface area contributed by atoms with Gasteiger partial charge in [0, 0.05) is 18.5 Å². The van der Waals surface area contributed by atoms with Gasteiger partial charge in [-0.2, -0.15) is 9.97 Å². The predicted octanol–water partition coefficient (Wildman–Crippen LogP) is 0.652. The van der Waals surface area contributed by atoms with Crippen LogP contribution in [-0.4, -0.2) is 37.9 Å². The number of nitrogens with zero attached hydrogens (tertiary/aromatic N) is 3. The van der Waals surface area contributed by atoms with E-state index in [9.17, 15) is 4.79 Å². The second-order valence-corrected chi connectivity index (χ2v) is 5.51. The monoisotopic (exact) mass is 277 g/mol. The lowest BCUT2D eigenvalue weighted by Gasteiger charge is -2.20. The maximum absolute atomic E-state index is 11.7. The Morgan fingerprint density at radius 2 is 2.15 bits per heavy atom. The molecule has 20 heavy (non-hydrogen) atoms. The molecular formula is C12H19N7O. The number of hydrogen-bond donors (Lipinski definition) is 4. The molecule has 0 aromatic carbocycles. The number of rotatable bonds is 4. The highest BCUT2D eigenvalue weighted by Crippen LogP contribution is 2.16. The molecule has 0 aliphatic heterocycles. The summed E-state index contributed by atoms with van der Waals surface area (Å²) in [5.74, 6) is 0.674. The van der Waals surface area contributed by atoms with E-state index >= 15 is 0 Å². The van der Waals surface area contributed by atoms with Crippen LogP contribution in [0, 0.1) is 0 Å². The van der Waals surface area contributed by atoms with Crippen molar-refractivity contribution in [3.05, 3.63) is 6.33 Å². The van der Waals surface area contributed by atoms with Crippen molar-refractivity contribution in [3.63, 3.8) is 0 Å². The van der Waals surface area contributed by atoms with Crippen molar-refractivity contribution in [2.45, 2.75) is 32.7 Å². The molecule has 0 saturated carbocycles. The van der Waals surface area contributed by atoms with Gasteiger partial charge in [0.15, 0.2) is 11.5 Å². The van der Waals surface area contributed by atoms with Gasteiger partial charge < -0.3 is 21.4 Å². The maximum atomic E-state index is 11.7. The average Bonchev–Trinajstić information content (AvgIpc) is 2.74. The Morgan fingerprint density at radius 1 is 1.40 bits per heavy atom. The summed E-state index contributed by atoms with van der Waals surface area (Å²) >= 11 is 0. The summed E-state index contributed by atoms with van der Waals surface area (Å²) in [5.41, 5.74) is 6.55. The number of aromatic amines is 1. The van der Waals surface area contributed by atoms with Crippen LogP contribution in [0.1, 0.15) is 27.2 Å². The van der Waals surface area contributed by atoms with E-state index in [1.165, 1.54) is 6.33 Å². The molecule has 2 aromatic rings. The van der Waals surface area contributed by atoms with Crippen LogP contribution < -0.4 is 16.4 Å². The Labute approximate surface area is 116 Å². The van der Waals surface area contributed by atoms with Gasteiger partial charge in [-0.15, -0.1) is 0 Å². The van der Waals surface area contributed by atoms with Crippen molar-refractivity contribution in [3.8, 4) is 0 Å². The fourth-order valence-electron chi connectivity index (χ4n) is 1.75. The normalized spacial score (nSPS) is 11.6. The molecule has 0 aliphatic carbocycles. The van der Waals surface area contributed by atoms with Gasteiger partial charge >= 0.3 is 0 Å². The van der Waals surface area contributed by atoms with Gasteiger partial charge in [0.25, 0.3) is 0 Å². The zero-order chi connectivity index (χ0) is 14.8. The van der Waals surface area contributed by atoms with Crippen molar-refractivity contribution in [2.24, 2.45) is 0 Å². The Morgan fingerprint density at radius 3 is 2.85 bits per heavy atom. The van der Waals surface area contributed by atoms with Crippen LogP contribution in [0.3, 0.4) is 0 Å². The van der Waals surface area contributed by atoms with E-state index in [2.05, 4.69) is 30.6 Å². The first-order valence-corrected chi connectivity index (χ1v) is 6.36. The number of aromatic nitrogens is 4. The summed E-state index contributed by atoms with van der Waals surface area (Å²) in [4.78, 5) is 26.8. The fourth-order valence-corrected chi connectivity index (χ4v) is 1.75. The van der Waals surface area contributed by atoms with Crippen molar-refractivity contribution >= 4 is 28.8 Å². The lowest BCUT2D eigenvalue weighted by molar-refractivity contribution is -0.122. The van der Waals surface area contributed by atoms with Crippen LogP contribution in [0.2, 0.25) is 0 Å². The van der Waals surface area contributed by atoms with Crippen LogP contribution in [0.15, 0.2) is 6.33 Å². The van der Waals surface area contributed by atoms with Gasteiger partial charge in [-0.1, -0.05) is 0 Å². The summed E-state index contributed by atoms with van der Waals surface area (Å²) in [6, 6.07) is 0. The number of hydrogen-bond acceptors (Lipinski definition) is 6. The highest BCUT2D eigenvalue weighted by Gasteiger charge is 2.13. The van der Waals surface area contributed by atoms with Crippen LogP contribution in [0.5, 0.6) is 0 Å². The zero-order valence-electron chi connectivity index (χ0n) is 11.8. The first-order valence-electron chi connectivity index (χ1n) is 6.36. The molecule has 5 N–H and O–H groups in total. The molecule has 1 amide bonds. The number of anilines is 2. The van der Waals surface area contributed by atoms with Gasteiger partial charge in [-0.05, 0) is 20.8 Å². The molecule has 8 heteroatoms. The number of nitrogens with one attached hydrogen (secondary N) is 3. The van der Waals surface area contributed by atoms with E-state index in [4.69, 9.17) is 5.73 Å². The lowest BCUT2D eigenvalue weighted by atomic mass is 10.1. The SMILES string of the molecule is CC(C)(C)NC(=O)CCNc1nc(N)nc2nc[nH]c12. The molecule has 2 rings (SSSR count). The minimum absolute atomic E-state index is 0.0205. The topological polar surface area (TPSA) is 122 Å². The molecule has 0 spiro atoms. The van der Waals surface area contributed by atoms with Crippen molar-refractivity contribution < 1.29 is 4.79 Å². The summed E-state index contributed by atoms with van der Waals surface area (Å²) in [7, 11) is 0. The zero-order valence-corrected chi connectivity index (χ0v) is 11.8. The number of carbonyl (C=O) groups excluding carboxylic acids is 1. The van der Waals surface area contributed by atoms with Gasteiger partial charge in [-0.3, -0.25) is 4.79 Å². The molecule has 0 bridgehead atoms. The number of H-pyrrole nitrogens is 1. The molecular weight excluding hydrogens is 258 g/mol. The van der Waals surface area contributed by atoms with E-state index in [0.29, 0.717) is 29.9 Å². The third-order valence-electron chi connectivity index (χ3n) is 2.46. The molecule has 0 atom stereocenters. The van der Waals surface area contributed by atoms with Crippen molar-refractivity contribution in [1.29, 1.82) is 0 Å². The predicted molar refractivity (Wildman–Crippen MR) is 77.1 cm³/mol. The Kier molecular flexibility index (Phi) is 3.73. The van der Waals surface area contributed by atoms with Gasteiger partial charge in [0.1, 0.15) is 5.52 Å². The van der Waals surface area contributed by atoms with E-state index in [1.807, 2.05) is 20.8 Å². The number of fused-ring (bicyclic) bond motifs is 1. The van der Waals surface area contributed by atoms with E-state index in [0.717, 1.165) is 0 Å². The van der Waals surface area contributed by atoms with Gasteiger partial charge in [0.2, 0.25) is 11.9 Å². The Bertz CT molecular complexity index is 614. The largest absolute Gasteiger partial charge is 0.368 e. The van der Waals surface area contributed by atoms with E-state index < -0.39 is 0 Å². The third kappa shape index (κ3) is 3.56. The number of amides is 1. The summed E-state index contributed by atoms with van der Waals surface area (Å²) < 4.78 is 0. The lowest BCUT2D eigenvalue weighted by Crippen LogP contribution is -2.41. The summed E-state index contributed by atoms with van der Waals surface area (Å²) in [5, 5.41) is 5.96. The molecule has 0 unspecified atom stereocenters. The van der Waals surface area contributed by atoms with E-state index in [-0.39, 0.29) is 17.4 Å². The number of nitrogens with two attached hydrogens (primary N) is 1. The Hall–Kier alpha value is -2.38. The van der Waals surface area contributed by atoms with Crippen LogP contribution in [-0.2, 0) is 4.79 Å². The van der Waals surface area contributed by atoms with Crippen LogP contribution in [0.4, 0.5) is 11.8 Å². The highest BCUT2D eigenvalue weighted by atomic mass is 16.1. The molecule has 0 saturated heterocycles. The number of imidazole rings is 1. The molecule has 108 valence electrons. The first kappa shape index (κ1) is 14.0. The summed E-state index contributed by atoms with van der Waals surface area (Å²) in [6.07, 6.45) is 1.87. The molecule has 0 fully saturated rings. The minimum Gasteiger partial charge on any atom is -0.368 e. The maximum Gasteiger partial charge on any atom is 0.224 e. The average molecular weight is 277 g/mol. The first-order chi connectivity index (χ1) is 9.35. The Balaban J connectivity index is 1.96. The number of carbonyl (C=O) groups is 1. The number of nitrogen functional groups attached to an aromatic ring is 1. The highest BCUT2D eigenvalue weighted by molar-refractivity contribution is 5.84. The van der Waals surface area contributed by atoms with Gasteiger partial charge in [-0.25, -0.2) is 4.98 Å². The molecule has 0 radical (unpaired) electrons. The van der Waals surface area contributed by atoms with Crippen LogP contribution in [0.25, 0.3) is 11.2 Å². The quantitative estimate of drug-likeness (QED) is 0.651. The van der Waals surface area contributed by atoms with Crippen molar-refractivity contribution in [1.82, 2.24) is 25.3 Å². The van der Waals surface area contributed by atoms with Crippen molar-refractivity contribution in [2.75, 3.05) is 17.6 Å². The molecule has 0 aliphatic rings. The second kappa shape index (κ2) is 5.32. The molecule has 2 heterocycles. The second-order valence-electron chi connectivity index (χ2n) is 5.51. The molecule has 2 aromatic heterocycles. The summed E-state index contributed by atoms with van der Waals surface area (Å²) in [6.45, 7) is 6.28. The van der Waals surface area contributed by atoms with E-state index in [1.54, 1.807) is 0 Å². The van der Waals surface area contributed by atoms with Crippen LogP contribution >= 0.6 is 0 Å². The third-order valence-corrected chi connectivity index (χ3v) is 2.46. The standard InChI is InChI=1S/C12H19N7O/c1-12(2,3)19-7(20)4-5-14-9-8-10(16-6-15-8)18-11(13)17-9/h6H,4-5H2,1-3H3,(H,19,20)(H4,13,14,15,16,17,18). The van der Waals surface area contributed by atoms with Gasteiger partial charge in [0.05, 0.1) is 6.33 Å².